The number of piperazine rings is 1. The summed E-state index contributed by atoms with van der Waals surface area (Å²) in [5, 5.41) is 1.85. The van der Waals surface area contributed by atoms with Crippen molar-refractivity contribution in [1.82, 2.24) is 14.9 Å². The van der Waals surface area contributed by atoms with Gasteiger partial charge in [0.2, 0.25) is 5.91 Å². The molecular weight excluding hydrogens is 500 g/mol. The normalized spacial score (nSPS) is 18.9. The van der Waals surface area contributed by atoms with Gasteiger partial charge in [0.25, 0.3) is 0 Å². The van der Waals surface area contributed by atoms with Crippen LogP contribution in [0.25, 0.3) is 21.9 Å². The molecule has 2 aliphatic rings. The van der Waals surface area contributed by atoms with Crippen molar-refractivity contribution in [2.24, 2.45) is 0 Å². The molecule has 0 radical (unpaired) electrons. The minimum Gasteiger partial charge on any atom is -0.396 e. The number of nitrogens with two attached hydrogens (primary N) is 1. The lowest BCUT2D eigenvalue weighted by Crippen LogP contribution is -2.61. The zero-order chi connectivity index (χ0) is 26.5. The van der Waals surface area contributed by atoms with E-state index in [0.717, 1.165) is 34.7 Å². The molecule has 1 aromatic carbocycles. The Morgan fingerprint density at radius 2 is 1.81 bits per heavy atom. The average Bonchev–Trinajstić information content (AvgIpc) is 3.67. The summed E-state index contributed by atoms with van der Waals surface area (Å²) >= 11 is 0. The first-order chi connectivity index (χ1) is 17.4. The second-order valence-electron chi connectivity index (χ2n) is 9.39. The van der Waals surface area contributed by atoms with Crippen molar-refractivity contribution < 1.29 is 31.1 Å². The second-order valence-corrected chi connectivity index (χ2v) is 9.39. The van der Waals surface area contributed by atoms with Gasteiger partial charge < -0.3 is 15.5 Å². The third kappa shape index (κ3) is 5.14. The highest BCUT2D eigenvalue weighted by atomic mass is 19.4. The zero-order valence-electron chi connectivity index (χ0n) is 19.5. The number of aromatic nitrogens is 2. The van der Waals surface area contributed by atoms with Crippen LogP contribution in [0.15, 0.2) is 42.7 Å². The van der Waals surface area contributed by atoms with Crippen LogP contribution in [-0.4, -0.2) is 58.8 Å². The van der Waals surface area contributed by atoms with Crippen LogP contribution in [0.1, 0.15) is 30.9 Å². The molecule has 0 bridgehead atoms. The van der Waals surface area contributed by atoms with Crippen LogP contribution >= 0.6 is 0 Å². The fourth-order valence-corrected chi connectivity index (χ4v) is 4.85. The molecule has 1 aliphatic carbocycles. The average molecular weight is 523 g/mol. The maximum Gasteiger partial charge on any atom is 0.410 e. The van der Waals surface area contributed by atoms with Crippen LogP contribution in [0.3, 0.4) is 0 Å². The molecule has 2 N–H and O–H groups in total. The summed E-state index contributed by atoms with van der Waals surface area (Å²) in [5.41, 5.74) is 8.86. The molecule has 1 saturated heterocycles. The van der Waals surface area contributed by atoms with Crippen molar-refractivity contribution in [3.63, 3.8) is 0 Å². The molecule has 1 amide bonds. The predicted molar refractivity (Wildman–Crippen MR) is 126 cm³/mol. The molecule has 1 aliphatic heterocycles. The Bertz CT molecular complexity index is 1330. The minimum absolute atomic E-state index is 0.125. The molecule has 2 fully saturated rings. The molecular formula is C25H23F6N5O. The minimum atomic E-state index is -4.93. The number of alkyl halides is 6. The molecule has 0 spiro atoms. The molecule has 1 atom stereocenters. The quantitative estimate of drug-likeness (QED) is 0.471. The SMILES string of the molecule is Nc1cc(-c2cccc3cnccc23)c(C2CC2)nc1N1CCN(C(=O)CC(F)(F)F)C(C(F)(F)F)C1. The molecule has 196 valence electrons. The van der Waals surface area contributed by atoms with Crippen LogP contribution in [0.5, 0.6) is 0 Å². The Hall–Kier alpha value is -3.57. The molecule has 3 heterocycles. The van der Waals surface area contributed by atoms with Crippen LogP contribution in [0, 0.1) is 0 Å². The first-order valence-corrected chi connectivity index (χ1v) is 11.7. The Morgan fingerprint density at radius 1 is 1.05 bits per heavy atom. The number of nitrogens with zero attached hydrogens (tertiary/aromatic N) is 4. The molecule has 6 nitrogen and oxygen atoms in total. The van der Waals surface area contributed by atoms with E-state index >= 15 is 0 Å². The molecule has 1 saturated carbocycles. The summed E-state index contributed by atoms with van der Waals surface area (Å²) in [6, 6.07) is 6.89. The highest BCUT2D eigenvalue weighted by Gasteiger charge is 2.50. The number of rotatable bonds is 4. The number of benzene rings is 1. The van der Waals surface area contributed by atoms with Gasteiger partial charge >= 0.3 is 12.4 Å². The molecule has 12 heteroatoms. The molecule has 1 unspecified atom stereocenters. The van der Waals surface area contributed by atoms with E-state index in [1.165, 1.54) is 4.90 Å². The third-order valence-electron chi connectivity index (χ3n) is 6.73. The summed E-state index contributed by atoms with van der Waals surface area (Å²) in [6.07, 6.45) is -6.61. The summed E-state index contributed by atoms with van der Waals surface area (Å²) in [5.74, 6) is -1.33. The molecule has 37 heavy (non-hydrogen) atoms. The van der Waals surface area contributed by atoms with E-state index in [-0.39, 0.29) is 28.9 Å². The van der Waals surface area contributed by atoms with Gasteiger partial charge in [-0.05, 0) is 35.9 Å². The number of anilines is 2. The largest absolute Gasteiger partial charge is 0.410 e. The van der Waals surface area contributed by atoms with Crippen molar-refractivity contribution in [2.45, 2.75) is 43.6 Å². The highest BCUT2D eigenvalue weighted by molar-refractivity contribution is 5.97. The highest BCUT2D eigenvalue weighted by Crippen LogP contribution is 2.46. The van der Waals surface area contributed by atoms with Crippen molar-refractivity contribution in [3.8, 4) is 11.1 Å². The van der Waals surface area contributed by atoms with Gasteiger partial charge in [0.05, 0.1) is 11.4 Å². The third-order valence-corrected chi connectivity index (χ3v) is 6.73. The van der Waals surface area contributed by atoms with Gasteiger partial charge in [-0.25, -0.2) is 4.98 Å². The monoisotopic (exact) mass is 523 g/mol. The molecule has 5 rings (SSSR count). The number of hydrogen-bond acceptors (Lipinski definition) is 5. The van der Waals surface area contributed by atoms with E-state index in [1.54, 1.807) is 18.5 Å². The van der Waals surface area contributed by atoms with Crippen LogP contribution < -0.4 is 10.6 Å². The van der Waals surface area contributed by atoms with Gasteiger partial charge in [-0.15, -0.1) is 0 Å². The number of pyridine rings is 2. The summed E-state index contributed by atoms with van der Waals surface area (Å²) in [4.78, 5) is 22.5. The number of carbonyl (C=O) groups excluding carboxylic acids is 1. The van der Waals surface area contributed by atoms with E-state index in [0.29, 0.717) is 5.69 Å². The summed E-state index contributed by atoms with van der Waals surface area (Å²) in [7, 11) is 0. The first kappa shape index (κ1) is 25.1. The lowest BCUT2D eigenvalue weighted by atomic mass is 9.96. The Morgan fingerprint density at radius 3 is 2.49 bits per heavy atom. The van der Waals surface area contributed by atoms with Crippen molar-refractivity contribution in [1.29, 1.82) is 0 Å². The summed E-state index contributed by atoms with van der Waals surface area (Å²) < 4.78 is 79.7. The number of carbonyl (C=O) groups is 1. The van der Waals surface area contributed by atoms with Gasteiger partial charge in [0.1, 0.15) is 12.5 Å². The van der Waals surface area contributed by atoms with Gasteiger partial charge in [0.15, 0.2) is 5.82 Å². The molecule has 2 aromatic heterocycles. The van der Waals surface area contributed by atoms with Crippen LogP contribution in [0.4, 0.5) is 37.8 Å². The molecule has 3 aromatic rings. The Labute approximate surface area is 208 Å². The number of amides is 1. The van der Waals surface area contributed by atoms with Crippen molar-refractivity contribution in [2.75, 3.05) is 30.3 Å². The Balaban J connectivity index is 1.51. The zero-order valence-corrected chi connectivity index (χ0v) is 19.5. The lowest BCUT2D eigenvalue weighted by molar-refractivity contribution is -0.198. The fourth-order valence-electron chi connectivity index (χ4n) is 4.85. The summed E-state index contributed by atoms with van der Waals surface area (Å²) in [6.45, 7) is -1.42. The standard InChI is InChI=1S/C25H23F6N5O/c26-24(27,28)11-21(37)36-9-8-35(13-20(36)25(29,30)31)23-19(32)10-18(22(34-23)14-4-5-14)17-3-1-2-15-12-33-7-6-16(15)17/h1-3,6-7,10,12,14,20H,4-5,8-9,11,13,32H2. The van der Waals surface area contributed by atoms with E-state index in [2.05, 4.69) is 4.98 Å². The number of nitrogen functional groups attached to an aromatic ring is 1. The van der Waals surface area contributed by atoms with Crippen molar-refractivity contribution in [3.05, 3.63) is 48.4 Å². The van der Waals surface area contributed by atoms with Crippen LogP contribution in [-0.2, 0) is 4.79 Å². The fraction of sp³-hybridized carbons (Fsp3) is 0.400. The van der Waals surface area contributed by atoms with Crippen LogP contribution in [0.2, 0.25) is 0 Å². The van der Waals surface area contributed by atoms with Gasteiger partial charge in [-0.1, -0.05) is 18.2 Å². The number of halogens is 6. The van der Waals surface area contributed by atoms with E-state index in [4.69, 9.17) is 10.7 Å². The van der Waals surface area contributed by atoms with Gasteiger partial charge in [0, 0.05) is 48.9 Å². The smallest absolute Gasteiger partial charge is 0.396 e. The topological polar surface area (TPSA) is 75.3 Å². The number of hydrogen-bond donors (Lipinski definition) is 1. The maximum atomic E-state index is 13.9. The second kappa shape index (κ2) is 9.07. The number of fused-ring (bicyclic) bond motifs is 1. The predicted octanol–water partition coefficient (Wildman–Crippen LogP) is 5.29. The van der Waals surface area contributed by atoms with Gasteiger partial charge in [-0.2, -0.15) is 26.3 Å². The van der Waals surface area contributed by atoms with Crippen molar-refractivity contribution >= 4 is 28.2 Å². The van der Waals surface area contributed by atoms with E-state index in [9.17, 15) is 31.1 Å². The van der Waals surface area contributed by atoms with Gasteiger partial charge in [-0.3, -0.25) is 9.78 Å². The lowest BCUT2D eigenvalue weighted by Gasteiger charge is -2.43. The Kier molecular flexibility index (Phi) is 6.15. The maximum absolute atomic E-state index is 13.9. The first-order valence-electron chi connectivity index (χ1n) is 11.7. The van der Waals surface area contributed by atoms with E-state index < -0.39 is 43.8 Å². The van der Waals surface area contributed by atoms with E-state index in [1.807, 2.05) is 24.3 Å².